The van der Waals surface area contributed by atoms with Crippen molar-refractivity contribution in [3.05, 3.63) is 24.3 Å². The Hall–Kier alpha value is -2.24. The first-order chi connectivity index (χ1) is 9.32. The van der Waals surface area contributed by atoms with E-state index >= 15 is 0 Å². The van der Waals surface area contributed by atoms with Gasteiger partial charge >= 0.3 is 12.0 Å². The largest absolute Gasteiger partial charge is 0.480 e. The van der Waals surface area contributed by atoms with Gasteiger partial charge in [0.2, 0.25) is 0 Å². The van der Waals surface area contributed by atoms with Crippen LogP contribution in [0.15, 0.2) is 24.3 Å². The molecule has 6 nitrogen and oxygen atoms in total. The lowest BCUT2D eigenvalue weighted by atomic mass is 10.1. The first kappa shape index (κ1) is 15.8. The van der Waals surface area contributed by atoms with Crippen LogP contribution < -0.4 is 15.5 Å². The monoisotopic (exact) mass is 279 g/mol. The van der Waals surface area contributed by atoms with Crippen LogP contribution >= 0.6 is 0 Å². The molecule has 1 aromatic carbocycles. The van der Waals surface area contributed by atoms with Crippen LogP contribution in [0.1, 0.15) is 13.8 Å². The summed E-state index contributed by atoms with van der Waals surface area (Å²) >= 11 is 0. The van der Waals surface area contributed by atoms with E-state index in [0.29, 0.717) is 5.69 Å². The van der Waals surface area contributed by atoms with Gasteiger partial charge in [0.25, 0.3) is 0 Å². The van der Waals surface area contributed by atoms with Crippen molar-refractivity contribution in [3.8, 4) is 0 Å². The molecule has 0 aliphatic rings. The summed E-state index contributed by atoms with van der Waals surface area (Å²) in [5, 5.41) is 14.2. The maximum atomic E-state index is 11.9. The van der Waals surface area contributed by atoms with Crippen molar-refractivity contribution in [2.45, 2.75) is 19.9 Å². The molecule has 0 saturated heterocycles. The average molecular weight is 279 g/mol. The highest BCUT2D eigenvalue weighted by Gasteiger charge is 2.23. The Morgan fingerprint density at radius 2 is 1.80 bits per heavy atom. The molecule has 0 aromatic heterocycles. The smallest absolute Gasteiger partial charge is 0.326 e. The van der Waals surface area contributed by atoms with E-state index in [1.807, 2.05) is 31.1 Å². The quantitative estimate of drug-likeness (QED) is 0.770. The molecule has 1 aromatic rings. The van der Waals surface area contributed by atoms with Crippen LogP contribution in [0.4, 0.5) is 16.2 Å². The zero-order valence-electron chi connectivity index (χ0n) is 12.2. The second kappa shape index (κ2) is 6.79. The van der Waals surface area contributed by atoms with Gasteiger partial charge in [-0.15, -0.1) is 0 Å². The molecule has 0 saturated carbocycles. The summed E-state index contributed by atoms with van der Waals surface area (Å²) in [5.74, 6) is -1.24. The van der Waals surface area contributed by atoms with Crippen molar-refractivity contribution in [1.82, 2.24) is 5.32 Å². The van der Waals surface area contributed by atoms with Gasteiger partial charge in [0.15, 0.2) is 0 Å². The summed E-state index contributed by atoms with van der Waals surface area (Å²) in [4.78, 5) is 24.8. The third-order valence-corrected chi connectivity index (χ3v) is 2.85. The summed E-state index contributed by atoms with van der Waals surface area (Å²) in [7, 11) is 3.74. The average Bonchev–Trinajstić information content (AvgIpc) is 2.35. The lowest BCUT2D eigenvalue weighted by molar-refractivity contribution is -0.140. The lowest BCUT2D eigenvalue weighted by Gasteiger charge is -2.21. The van der Waals surface area contributed by atoms with Crippen LogP contribution in [-0.2, 0) is 4.79 Å². The number of nitrogens with one attached hydrogen (secondary N) is 2. The molecule has 0 spiro atoms. The first-order valence-electron chi connectivity index (χ1n) is 6.39. The Bertz CT molecular complexity index is 486. The molecule has 6 heteroatoms. The molecule has 0 aliphatic carbocycles. The van der Waals surface area contributed by atoms with Gasteiger partial charge in [-0.3, -0.25) is 0 Å². The number of hydrogen-bond acceptors (Lipinski definition) is 3. The molecular weight excluding hydrogens is 258 g/mol. The zero-order valence-corrected chi connectivity index (χ0v) is 12.2. The minimum Gasteiger partial charge on any atom is -0.480 e. The predicted octanol–water partition coefficient (Wildman–Crippen LogP) is 1.98. The first-order valence-corrected chi connectivity index (χ1v) is 6.39. The number of rotatable bonds is 5. The molecule has 1 rings (SSSR count). The van der Waals surface area contributed by atoms with Crippen LogP contribution in [0.5, 0.6) is 0 Å². The number of nitrogens with zero attached hydrogens (tertiary/aromatic N) is 1. The minimum absolute atomic E-state index is 0.192. The highest BCUT2D eigenvalue weighted by molar-refractivity contribution is 5.95. The highest BCUT2D eigenvalue weighted by Crippen LogP contribution is 2.23. The van der Waals surface area contributed by atoms with Gasteiger partial charge in [-0.1, -0.05) is 26.0 Å². The number of hydrogen-bond donors (Lipinski definition) is 3. The Morgan fingerprint density at radius 1 is 1.20 bits per heavy atom. The highest BCUT2D eigenvalue weighted by atomic mass is 16.4. The maximum Gasteiger partial charge on any atom is 0.326 e. The van der Waals surface area contributed by atoms with Gasteiger partial charge in [0.1, 0.15) is 6.04 Å². The molecule has 1 unspecified atom stereocenters. The van der Waals surface area contributed by atoms with Crippen molar-refractivity contribution in [1.29, 1.82) is 0 Å². The Labute approximate surface area is 118 Å². The number of aliphatic carboxylic acids is 1. The van der Waals surface area contributed by atoms with Gasteiger partial charge < -0.3 is 20.6 Å². The van der Waals surface area contributed by atoms with Crippen molar-refractivity contribution >= 4 is 23.4 Å². The molecule has 20 heavy (non-hydrogen) atoms. The van der Waals surface area contributed by atoms with E-state index in [-0.39, 0.29) is 5.92 Å². The third-order valence-electron chi connectivity index (χ3n) is 2.85. The number of carbonyl (C=O) groups is 2. The van der Waals surface area contributed by atoms with E-state index in [2.05, 4.69) is 10.6 Å². The van der Waals surface area contributed by atoms with Gasteiger partial charge in [0.05, 0.1) is 11.4 Å². The number of urea groups is 1. The number of benzene rings is 1. The molecule has 2 amide bonds. The van der Waals surface area contributed by atoms with E-state index in [4.69, 9.17) is 5.11 Å². The van der Waals surface area contributed by atoms with Gasteiger partial charge in [-0.25, -0.2) is 9.59 Å². The number of carboxylic acid groups (broad SMARTS) is 1. The molecule has 3 N–H and O–H groups in total. The summed E-state index contributed by atoms with van der Waals surface area (Å²) < 4.78 is 0. The fraction of sp³-hybridized carbons (Fsp3) is 0.429. The summed E-state index contributed by atoms with van der Waals surface area (Å²) in [6.07, 6.45) is 0. The Morgan fingerprint density at radius 3 is 2.30 bits per heavy atom. The van der Waals surface area contributed by atoms with Crippen molar-refractivity contribution < 1.29 is 14.7 Å². The van der Waals surface area contributed by atoms with Crippen LogP contribution in [-0.4, -0.2) is 37.2 Å². The molecule has 110 valence electrons. The predicted molar refractivity (Wildman–Crippen MR) is 79.2 cm³/mol. The Balaban J connectivity index is 2.79. The number of anilines is 2. The summed E-state index contributed by atoms with van der Waals surface area (Å²) in [6, 6.07) is 5.86. The number of para-hydroxylation sites is 2. The van der Waals surface area contributed by atoms with Crippen molar-refractivity contribution in [2.24, 2.45) is 5.92 Å². The molecular formula is C14H21N3O3. The molecule has 0 aliphatic heterocycles. The minimum atomic E-state index is -1.05. The number of carboxylic acids is 1. The standard InChI is InChI=1S/C14H21N3O3/c1-9(2)12(13(18)19)16-14(20)15-10-7-5-6-8-11(10)17(3)4/h5-9,12H,1-4H3,(H,18,19)(H2,15,16,20). The van der Waals surface area contributed by atoms with E-state index in [9.17, 15) is 9.59 Å². The molecule has 0 bridgehead atoms. The van der Waals surface area contributed by atoms with Crippen molar-refractivity contribution in [2.75, 3.05) is 24.3 Å². The van der Waals surface area contributed by atoms with Gasteiger partial charge in [-0.05, 0) is 18.1 Å². The third kappa shape index (κ3) is 4.15. The normalized spacial score (nSPS) is 11.8. The fourth-order valence-corrected chi connectivity index (χ4v) is 1.78. The van der Waals surface area contributed by atoms with E-state index < -0.39 is 18.0 Å². The summed E-state index contributed by atoms with van der Waals surface area (Å²) in [5.41, 5.74) is 1.47. The van der Waals surface area contributed by atoms with Gasteiger partial charge in [0, 0.05) is 14.1 Å². The number of amides is 2. The fourth-order valence-electron chi connectivity index (χ4n) is 1.78. The molecule has 0 radical (unpaired) electrons. The molecule has 0 heterocycles. The van der Waals surface area contributed by atoms with E-state index in [1.54, 1.807) is 26.0 Å². The topological polar surface area (TPSA) is 81.7 Å². The van der Waals surface area contributed by atoms with Crippen LogP contribution in [0.2, 0.25) is 0 Å². The van der Waals surface area contributed by atoms with Crippen molar-refractivity contribution in [3.63, 3.8) is 0 Å². The lowest BCUT2D eigenvalue weighted by Crippen LogP contribution is -2.46. The second-order valence-electron chi connectivity index (χ2n) is 5.07. The van der Waals surface area contributed by atoms with Crippen LogP contribution in [0.3, 0.4) is 0 Å². The van der Waals surface area contributed by atoms with Crippen LogP contribution in [0, 0.1) is 5.92 Å². The van der Waals surface area contributed by atoms with E-state index in [0.717, 1.165) is 5.69 Å². The summed E-state index contributed by atoms with van der Waals surface area (Å²) in [6.45, 7) is 3.49. The Kier molecular flexibility index (Phi) is 5.37. The molecule has 1 atom stereocenters. The zero-order chi connectivity index (χ0) is 15.3. The SMILES string of the molecule is CC(C)C(NC(=O)Nc1ccccc1N(C)C)C(=O)O. The molecule has 0 fully saturated rings. The van der Waals surface area contributed by atoms with Crippen LogP contribution in [0.25, 0.3) is 0 Å². The van der Waals surface area contributed by atoms with E-state index in [1.165, 1.54) is 0 Å². The maximum absolute atomic E-state index is 11.9. The number of carbonyl (C=O) groups excluding carboxylic acids is 1. The van der Waals surface area contributed by atoms with Gasteiger partial charge in [-0.2, -0.15) is 0 Å². The second-order valence-corrected chi connectivity index (χ2v) is 5.07.